The van der Waals surface area contributed by atoms with Crippen LogP contribution < -0.4 is 4.90 Å². The summed E-state index contributed by atoms with van der Waals surface area (Å²) in [4.78, 5) is 45.2. The molecule has 3 heterocycles. The Hall–Kier alpha value is -3.24. The minimum absolute atomic E-state index is 0.0292. The highest BCUT2D eigenvalue weighted by molar-refractivity contribution is 6.31. The predicted octanol–water partition coefficient (Wildman–Crippen LogP) is 4.97. The monoisotopic (exact) mass is 602 g/mol. The molecule has 2 unspecified atom stereocenters. The molecule has 3 amide bonds. The van der Waals surface area contributed by atoms with Crippen LogP contribution in [0.25, 0.3) is 0 Å². The maximum absolute atomic E-state index is 14.1. The molecule has 42 heavy (non-hydrogen) atoms. The SMILES string of the molecule is CC(=O)N1CCC(OC(=O)N(CCCN2CC3CN(C(=O)c4cc(F)ccc4F)CC3C2)c2ccc(C)c(Cl)c2)CC1. The van der Waals surface area contributed by atoms with E-state index < -0.39 is 23.6 Å². The van der Waals surface area contributed by atoms with E-state index in [1.165, 1.54) is 0 Å². The van der Waals surface area contributed by atoms with E-state index in [1.54, 1.807) is 27.7 Å². The number of likely N-dealkylation sites (tertiary alicyclic amines) is 3. The molecule has 0 N–H and O–H groups in total. The highest BCUT2D eigenvalue weighted by atomic mass is 35.5. The molecule has 0 saturated carbocycles. The zero-order valence-electron chi connectivity index (χ0n) is 24.0. The van der Waals surface area contributed by atoms with Crippen LogP contribution in [0, 0.1) is 30.4 Å². The number of fused-ring (bicyclic) bond motifs is 1. The molecule has 3 saturated heterocycles. The van der Waals surface area contributed by atoms with Crippen molar-refractivity contribution in [3.8, 4) is 0 Å². The number of hydrogen-bond acceptors (Lipinski definition) is 5. The van der Waals surface area contributed by atoms with E-state index in [0.29, 0.717) is 62.7 Å². The van der Waals surface area contributed by atoms with Gasteiger partial charge in [0.05, 0.1) is 5.56 Å². The van der Waals surface area contributed by atoms with E-state index >= 15 is 0 Å². The van der Waals surface area contributed by atoms with Gasteiger partial charge in [0.2, 0.25) is 5.91 Å². The first kappa shape index (κ1) is 30.2. The molecule has 0 spiro atoms. The summed E-state index contributed by atoms with van der Waals surface area (Å²) < 4.78 is 33.6. The van der Waals surface area contributed by atoms with Crippen LogP contribution in [0.3, 0.4) is 0 Å². The lowest BCUT2D eigenvalue weighted by Gasteiger charge is -2.32. The van der Waals surface area contributed by atoms with Crippen LogP contribution in [0.2, 0.25) is 5.02 Å². The quantitative estimate of drug-likeness (QED) is 0.447. The number of anilines is 1. The molecule has 226 valence electrons. The van der Waals surface area contributed by atoms with E-state index in [0.717, 1.165) is 43.4 Å². The van der Waals surface area contributed by atoms with Gasteiger partial charge in [-0.3, -0.25) is 14.5 Å². The minimum Gasteiger partial charge on any atom is -0.446 e. The maximum Gasteiger partial charge on any atom is 0.414 e. The number of amides is 3. The second kappa shape index (κ2) is 13.0. The number of rotatable bonds is 7. The van der Waals surface area contributed by atoms with Gasteiger partial charge in [-0.1, -0.05) is 17.7 Å². The summed E-state index contributed by atoms with van der Waals surface area (Å²) in [6.45, 7) is 8.43. The Morgan fingerprint density at radius 2 is 1.67 bits per heavy atom. The van der Waals surface area contributed by atoms with Crippen molar-refractivity contribution in [1.82, 2.24) is 14.7 Å². The molecular weight excluding hydrogens is 566 g/mol. The number of carbonyl (C=O) groups is 3. The van der Waals surface area contributed by atoms with Gasteiger partial charge in [0.15, 0.2) is 0 Å². The Morgan fingerprint density at radius 3 is 2.31 bits per heavy atom. The molecule has 2 atom stereocenters. The van der Waals surface area contributed by atoms with E-state index in [2.05, 4.69) is 4.90 Å². The van der Waals surface area contributed by atoms with Crippen LogP contribution in [-0.4, -0.2) is 91.1 Å². The first-order valence-corrected chi connectivity index (χ1v) is 14.9. The van der Waals surface area contributed by atoms with Crippen LogP contribution in [0.15, 0.2) is 36.4 Å². The lowest BCUT2D eigenvalue weighted by atomic mass is 10.0. The lowest BCUT2D eigenvalue weighted by molar-refractivity contribution is -0.130. The van der Waals surface area contributed by atoms with Crippen LogP contribution in [-0.2, 0) is 9.53 Å². The number of benzene rings is 2. The highest BCUT2D eigenvalue weighted by Gasteiger charge is 2.42. The van der Waals surface area contributed by atoms with E-state index in [1.807, 2.05) is 19.1 Å². The second-order valence-electron chi connectivity index (χ2n) is 11.6. The van der Waals surface area contributed by atoms with Crippen molar-refractivity contribution in [2.75, 3.05) is 57.3 Å². The first-order valence-electron chi connectivity index (χ1n) is 14.6. The number of halogens is 3. The summed E-state index contributed by atoms with van der Waals surface area (Å²) in [5.74, 6) is -1.24. The summed E-state index contributed by atoms with van der Waals surface area (Å²) in [5, 5.41) is 0.574. The molecule has 5 rings (SSSR count). The fourth-order valence-electron chi connectivity index (χ4n) is 6.29. The van der Waals surface area contributed by atoms with Gasteiger partial charge >= 0.3 is 6.09 Å². The van der Waals surface area contributed by atoms with Gasteiger partial charge in [0.25, 0.3) is 5.91 Å². The average Bonchev–Trinajstić information content (AvgIpc) is 3.53. The molecule has 0 bridgehead atoms. The number of hydrogen-bond donors (Lipinski definition) is 0. The molecule has 0 aliphatic carbocycles. The zero-order valence-corrected chi connectivity index (χ0v) is 24.8. The number of carbonyl (C=O) groups excluding carboxylic acids is 3. The van der Waals surface area contributed by atoms with Crippen molar-refractivity contribution in [2.45, 2.75) is 39.2 Å². The van der Waals surface area contributed by atoms with Gasteiger partial charge in [-0.2, -0.15) is 0 Å². The highest BCUT2D eigenvalue weighted by Crippen LogP contribution is 2.32. The van der Waals surface area contributed by atoms with E-state index in [-0.39, 0.29) is 29.4 Å². The third kappa shape index (κ3) is 6.86. The molecule has 11 heteroatoms. The molecule has 2 aromatic carbocycles. The number of piperidine rings is 1. The van der Waals surface area contributed by atoms with Gasteiger partial charge < -0.3 is 19.4 Å². The van der Waals surface area contributed by atoms with Gasteiger partial charge in [-0.05, 0) is 67.6 Å². The fraction of sp³-hybridized carbons (Fsp3) is 0.516. The standard InChI is InChI=1S/C31H37ClF2N4O4/c1-20-4-6-25(15-28(20)32)38(31(41)42-26-8-12-36(13-9-26)21(2)39)11-3-10-35-16-22-18-37(19-23(22)17-35)30(40)27-14-24(33)5-7-29(27)34/h4-7,14-15,22-23,26H,3,8-13,16-19H2,1-2H3. The van der Waals surface area contributed by atoms with Crippen molar-refractivity contribution in [3.63, 3.8) is 0 Å². The third-order valence-corrected chi connectivity index (χ3v) is 9.11. The minimum atomic E-state index is -0.709. The van der Waals surface area contributed by atoms with E-state index in [4.69, 9.17) is 16.3 Å². The fourth-order valence-corrected chi connectivity index (χ4v) is 6.47. The molecule has 3 aliphatic rings. The predicted molar refractivity (Wildman–Crippen MR) is 156 cm³/mol. The summed E-state index contributed by atoms with van der Waals surface area (Å²) in [7, 11) is 0. The van der Waals surface area contributed by atoms with Crippen LogP contribution in [0.4, 0.5) is 19.3 Å². The zero-order chi connectivity index (χ0) is 30.0. The van der Waals surface area contributed by atoms with Crippen LogP contribution in [0.5, 0.6) is 0 Å². The van der Waals surface area contributed by atoms with Crippen molar-refractivity contribution >= 4 is 35.2 Å². The summed E-state index contributed by atoms with van der Waals surface area (Å²) in [5.41, 5.74) is 1.37. The number of aryl methyl sites for hydroxylation is 1. The lowest BCUT2D eigenvalue weighted by Crippen LogP contribution is -2.43. The Morgan fingerprint density at radius 1 is 0.976 bits per heavy atom. The van der Waals surface area contributed by atoms with Gasteiger partial charge in [-0.25, -0.2) is 13.6 Å². The van der Waals surface area contributed by atoms with Crippen molar-refractivity contribution in [2.24, 2.45) is 11.8 Å². The topological polar surface area (TPSA) is 73.4 Å². The van der Waals surface area contributed by atoms with Crippen molar-refractivity contribution in [3.05, 3.63) is 64.2 Å². The summed E-state index contributed by atoms with van der Waals surface area (Å²) >= 11 is 6.39. The molecular formula is C31H37ClF2N4O4. The normalized spacial score (nSPS) is 21.0. The molecule has 8 nitrogen and oxygen atoms in total. The molecule has 3 aliphatic heterocycles. The van der Waals surface area contributed by atoms with Crippen LogP contribution >= 0.6 is 11.6 Å². The van der Waals surface area contributed by atoms with Crippen molar-refractivity contribution in [1.29, 1.82) is 0 Å². The Balaban J connectivity index is 1.15. The number of ether oxygens (including phenoxy) is 1. The third-order valence-electron chi connectivity index (χ3n) is 8.71. The largest absolute Gasteiger partial charge is 0.446 e. The van der Waals surface area contributed by atoms with Crippen LogP contribution in [0.1, 0.15) is 42.1 Å². The maximum atomic E-state index is 14.1. The van der Waals surface area contributed by atoms with Gasteiger partial charge in [0, 0.05) is 76.3 Å². The molecule has 3 fully saturated rings. The molecule has 0 radical (unpaired) electrons. The Kier molecular flexibility index (Phi) is 9.32. The first-order chi connectivity index (χ1) is 20.1. The van der Waals surface area contributed by atoms with Gasteiger partial charge in [0.1, 0.15) is 17.7 Å². The van der Waals surface area contributed by atoms with Crippen molar-refractivity contribution < 1.29 is 27.9 Å². The van der Waals surface area contributed by atoms with Gasteiger partial charge in [-0.15, -0.1) is 0 Å². The summed E-state index contributed by atoms with van der Waals surface area (Å²) in [6, 6.07) is 8.49. The molecule has 2 aromatic rings. The second-order valence-corrected chi connectivity index (χ2v) is 12.0. The smallest absolute Gasteiger partial charge is 0.414 e. The summed E-state index contributed by atoms with van der Waals surface area (Å²) in [6.07, 6.45) is 1.25. The Labute approximate surface area is 250 Å². The number of nitrogens with zero attached hydrogens (tertiary/aromatic N) is 4. The Bertz CT molecular complexity index is 1320. The molecule has 0 aromatic heterocycles. The average molecular weight is 603 g/mol. The van der Waals surface area contributed by atoms with E-state index in [9.17, 15) is 23.2 Å².